The Hall–Kier alpha value is -1.40. The van der Waals surface area contributed by atoms with Crippen molar-refractivity contribution < 1.29 is 5.11 Å². The number of imidazole rings is 1. The lowest BCUT2D eigenvalue weighted by Gasteiger charge is -2.38. The van der Waals surface area contributed by atoms with E-state index in [-0.39, 0.29) is 5.28 Å². The van der Waals surface area contributed by atoms with Gasteiger partial charge in [-0.3, -0.25) is 0 Å². The molecule has 0 aliphatic heterocycles. The number of nitrogens with one attached hydrogen (secondary N) is 2. The molecule has 2 aromatic heterocycles. The number of nitrogens with zero attached hydrogens (tertiary/aromatic N) is 3. The average Bonchev–Trinajstić information content (AvgIpc) is 2.62. The second-order valence-corrected chi connectivity index (χ2v) is 5.59. The molecule has 2 aromatic rings. The molecule has 0 aromatic carbocycles. The largest absolute Gasteiger partial charge is 0.388 e. The number of fused-ring (bicyclic) bond motifs is 1. The van der Waals surface area contributed by atoms with Gasteiger partial charge in [0.15, 0.2) is 11.5 Å². The van der Waals surface area contributed by atoms with Crippen molar-refractivity contribution >= 4 is 28.6 Å². The number of anilines is 1. The molecule has 0 aliphatic carbocycles. The molecule has 0 bridgehead atoms. The predicted octanol–water partition coefficient (Wildman–Crippen LogP) is 1.97. The standard InChI is InChI=1S/C11H16ClN5O/c1-10(2,11(3,4)18)17-8-6-7(14-5-13-6)15-9(12)16-8/h5,18H,1-4H3,(H2,13,14,15,16,17). The number of H-pyrrole nitrogens is 1. The molecule has 7 heteroatoms. The van der Waals surface area contributed by atoms with Crippen LogP contribution >= 0.6 is 11.6 Å². The van der Waals surface area contributed by atoms with Crippen LogP contribution in [0.5, 0.6) is 0 Å². The Morgan fingerprint density at radius 3 is 2.56 bits per heavy atom. The van der Waals surface area contributed by atoms with E-state index in [1.807, 2.05) is 13.8 Å². The summed E-state index contributed by atoms with van der Waals surface area (Å²) in [6.07, 6.45) is 1.53. The van der Waals surface area contributed by atoms with E-state index < -0.39 is 11.1 Å². The fraction of sp³-hybridized carbons (Fsp3) is 0.545. The first-order chi connectivity index (χ1) is 8.21. The van der Waals surface area contributed by atoms with Crippen LogP contribution in [0, 0.1) is 0 Å². The molecular formula is C11H16ClN5O. The minimum Gasteiger partial charge on any atom is -0.388 e. The number of aromatic amines is 1. The van der Waals surface area contributed by atoms with E-state index in [0.29, 0.717) is 17.0 Å². The maximum atomic E-state index is 10.1. The SMILES string of the molecule is CC(C)(O)C(C)(C)Nc1nc(Cl)nc2nc[nH]c12. The molecule has 0 spiro atoms. The molecule has 2 rings (SSSR count). The lowest BCUT2D eigenvalue weighted by Crippen LogP contribution is -2.51. The van der Waals surface area contributed by atoms with Crippen LogP contribution in [0.15, 0.2) is 6.33 Å². The maximum absolute atomic E-state index is 10.1. The van der Waals surface area contributed by atoms with Crippen molar-refractivity contribution in [2.24, 2.45) is 0 Å². The molecule has 0 radical (unpaired) electrons. The van der Waals surface area contributed by atoms with Crippen molar-refractivity contribution in [1.29, 1.82) is 0 Å². The molecule has 0 saturated carbocycles. The summed E-state index contributed by atoms with van der Waals surface area (Å²) in [5, 5.41) is 13.4. The van der Waals surface area contributed by atoms with Crippen LogP contribution in [0.3, 0.4) is 0 Å². The van der Waals surface area contributed by atoms with Crippen LogP contribution in [0.1, 0.15) is 27.7 Å². The van der Waals surface area contributed by atoms with E-state index in [9.17, 15) is 5.11 Å². The second-order valence-electron chi connectivity index (χ2n) is 5.25. The van der Waals surface area contributed by atoms with Crippen molar-refractivity contribution in [1.82, 2.24) is 19.9 Å². The van der Waals surface area contributed by atoms with Crippen molar-refractivity contribution in [3.05, 3.63) is 11.6 Å². The van der Waals surface area contributed by atoms with Gasteiger partial charge < -0.3 is 15.4 Å². The summed E-state index contributed by atoms with van der Waals surface area (Å²) in [5.41, 5.74) is -0.375. The predicted molar refractivity (Wildman–Crippen MR) is 70.7 cm³/mol. The minimum absolute atomic E-state index is 0.114. The van der Waals surface area contributed by atoms with Gasteiger partial charge in [-0.2, -0.15) is 9.97 Å². The van der Waals surface area contributed by atoms with Crippen LogP contribution < -0.4 is 5.32 Å². The third kappa shape index (κ3) is 2.26. The van der Waals surface area contributed by atoms with Crippen LogP contribution in [-0.2, 0) is 0 Å². The third-order valence-electron chi connectivity index (χ3n) is 3.22. The van der Waals surface area contributed by atoms with Crippen LogP contribution in [0.2, 0.25) is 5.28 Å². The second kappa shape index (κ2) is 4.07. The van der Waals surface area contributed by atoms with E-state index in [2.05, 4.69) is 25.3 Å². The van der Waals surface area contributed by atoms with Crippen LogP contribution in [-0.4, -0.2) is 36.2 Å². The Kier molecular flexibility index (Phi) is 2.95. The zero-order valence-corrected chi connectivity index (χ0v) is 11.5. The number of halogens is 1. The molecule has 0 atom stereocenters. The van der Waals surface area contributed by atoms with Gasteiger partial charge in [-0.15, -0.1) is 0 Å². The fourth-order valence-corrected chi connectivity index (χ4v) is 1.51. The Labute approximate surface area is 110 Å². The highest BCUT2D eigenvalue weighted by Gasteiger charge is 2.35. The highest BCUT2D eigenvalue weighted by molar-refractivity contribution is 6.28. The summed E-state index contributed by atoms with van der Waals surface area (Å²) < 4.78 is 0. The summed E-state index contributed by atoms with van der Waals surface area (Å²) in [7, 11) is 0. The third-order valence-corrected chi connectivity index (χ3v) is 3.39. The van der Waals surface area contributed by atoms with Crippen molar-refractivity contribution in [3.63, 3.8) is 0 Å². The van der Waals surface area contributed by atoms with E-state index >= 15 is 0 Å². The first-order valence-electron chi connectivity index (χ1n) is 5.58. The Balaban J connectivity index is 2.46. The average molecular weight is 270 g/mol. The molecule has 2 heterocycles. The van der Waals surface area contributed by atoms with Crippen LogP contribution in [0.4, 0.5) is 5.82 Å². The summed E-state index contributed by atoms with van der Waals surface area (Å²) in [6, 6.07) is 0. The van der Waals surface area contributed by atoms with Gasteiger partial charge in [-0.05, 0) is 39.3 Å². The van der Waals surface area contributed by atoms with Crippen molar-refractivity contribution in [3.8, 4) is 0 Å². The molecule has 98 valence electrons. The first-order valence-corrected chi connectivity index (χ1v) is 5.96. The zero-order chi connectivity index (χ0) is 13.6. The molecule has 18 heavy (non-hydrogen) atoms. The number of aliphatic hydroxyl groups is 1. The number of aromatic nitrogens is 4. The van der Waals surface area contributed by atoms with Crippen LogP contribution in [0.25, 0.3) is 11.2 Å². The van der Waals surface area contributed by atoms with Gasteiger partial charge >= 0.3 is 0 Å². The number of rotatable bonds is 3. The van der Waals surface area contributed by atoms with Crippen molar-refractivity contribution in [2.45, 2.75) is 38.8 Å². The van der Waals surface area contributed by atoms with Gasteiger partial charge in [0.1, 0.15) is 5.52 Å². The Bertz CT molecular complexity index is 572. The van der Waals surface area contributed by atoms with Gasteiger partial charge in [-0.25, -0.2) is 4.98 Å². The smallest absolute Gasteiger partial charge is 0.226 e. The van der Waals surface area contributed by atoms with E-state index in [1.165, 1.54) is 6.33 Å². The maximum Gasteiger partial charge on any atom is 0.226 e. The Morgan fingerprint density at radius 1 is 1.28 bits per heavy atom. The zero-order valence-electron chi connectivity index (χ0n) is 10.7. The Morgan fingerprint density at radius 2 is 1.94 bits per heavy atom. The normalized spacial score (nSPS) is 13.0. The molecule has 6 nitrogen and oxygen atoms in total. The summed E-state index contributed by atoms with van der Waals surface area (Å²) in [5.74, 6) is 0.523. The van der Waals surface area contributed by atoms with E-state index in [0.717, 1.165) is 0 Å². The number of hydrogen-bond acceptors (Lipinski definition) is 5. The summed E-state index contributed by atoms with van der Waals surface area (Å²) in [6.45, 7) is 7.22. The monoisotopic (exact) mass is 269 g/mol. The molecule has 0 fully saturated rings. The summed E-state index contributed by atoms with van der Waals surface area (Å²) >= 11 is 5.85. The first kappa shape index (κ1) is 13.0. The molecule has 3 N–H and O–H groups in total. The minimum atomic E-state index is -0.934. The van der Waals surface area contributed by atoms with E-state index in [1.54, 1.807) is 13.8 Å². The quantitative estimate of drug-likeness (QED) is 0.742. The highest BCUT2D eigenvalue weighted by atomic mass is 35.5. The van der Waals surface area contributed by atoms with Gasteiger partial charge in [0.2, 0.25) is 5.28 Å². The lowest BCUT2D eigenvalue weighted by molar-refractivity contribution is 0.0239. The number of hydrogen-bond donors (Lipinski definition) is 3. The molecule has 0 amide bonds. The molecule has 0 unspecified atom stereocenters. The van der Waals surface area contributed by atoms with Gasteiger partial charge in [0.05, 0.1) is 17.5 Å². The van der Waals surface area contributed by atoms with E-state index in [4.69, 9.17) is 11.6 Å². The van der Waals surface area contributed by atoms with Gasteiger partial charge in [0.25, 0.3) is 0 Å². The van der Waals surface area contributed by atoms with Gasteiger partial charge in [0, 0.05) is 0 Å². The lowest BCUT2D eigenvalue weighted by atomic mass is 9.86. The summed E-state index contributed by atoms with van der Waals surface area (Å²) in [4.78, 5) is 15.1. The molecular weight excluding hydrogens is 254 g/mol. The van der Waals surface area contributed by atoms with Gasteiger partial charge in [-0.1, -0.05) is 0 Å². The molecule has 0 aliphatic rings. The fourth-order valence-electron chi connectivity index (χ4n) is 1.35. The van der Waals surface area contributed by atoms with Crippen molar-refractivity contribution in [2.75, 3.05) is 5.32 Å². The topological polar surface area (TPSA) is 86.7 Å². The molecule has 0 saturated heterocycles. The highest BCUT2D eigenvalue weighted by Crippen LogP contribution is 2.28.